The van der Waals surface area contributed by atoms with Crippen LogP contribution in [0.5, 0.6) is 0 Å². The molecule has 0 radical (unpaired) electrons. The van der Waals surface area contributed by atoms with Crippen LogP contribution < -0.4 is 5.32 Å². The Kier molecular flexibility index (Phi) is 5.81. The van der Waals surface area contributed by atoms with Crippen molar-refractivity contribution < 1.29 is 0 Å². The number of thiazole rings is 1. The quantitative estimate of drug-likeness (QED) is 0.897. The highest BCUT2D eigenvalue weighted by molar-refractivity contribution is 8.01. The first-order chi connectivity index (χ1) is 8.40. The Hall–Kier alpha value is -0.0600. The third-order valence-electron chi connectivity index (χ3n) is 3.33. The highest BCUT2D eigenvalue weighted by Gasteiger charge is 2.23. The molecule has 1 aliphatic rings. The summed E-state index contributed by atoms with van der Waals surface area (Å²) in [7, 11) is 0. The Morgan fingerprint density at radius 3 is 2.88 bits per heavy atom. The standard InChI is InChI=1S/C13H22N2S2/c1-2-14-11-7-5-3-4-6-8-12(11)17-13-15-9-10-16-13/h9-12,14H,2-8H2,1H3. The fourth-order valence-electron chi connectivity index (χ4n) is 2.49. The van der Waals surface area contributed by atoms with Gasteiger partial charge >= 0.3 is 0 Å². The third kappa shape index (κ3) is 4.27. The minimum absolute atomic E-state index is 0.675. The lowest BCUT2D eigenvalue weighted by Gasteiger charge is -2.28. The van der Waals surface area contributed by atoms with Crippen LogP contribution in [0.3, 0.4) is 0 Å². The minimum atomic E-state index is 0.675. The zero-order valence-corrected chi connectivity index (χ0v) is 12.2. The van der Waals surface area contributed by atoms with Gasteiger partial charge < -0.3 is 5.32 Å². The Morgan fingerprint density at radius 2 is 2.18 bits per heavy atom. The molecular weight excluding hydrogens is 248 g/mol. The fourth-order valence-corrected chi connectivity index (χ4v) is 4.67. The predicted octanol–water partition coefficient (Wildman–Crippen LogP) is 3.94. The van der Waals surface area contributed by atoms with Gasteiger partial charge in [0, 0.05) is 22.9 Å². The van der Waals surface area contributed by atoms with Gasteiger partial charge in [0.15, 0.2) is 0 Å². The summed E-state index contributed by atoms with van der Waals surface area (Å²) in [4.78, 5) is 4.41. The van der Waals surface area contributed by atoms with Crippen molar-refractivity contribution in [2.75, 3.05) is 6.54 Å². The molecule has 0 bridgehead atoms. The monoisotopic (exact) mass is 270 g/mol. The van der Waals surface area contributed by atoms with Crippen molar-refractivity contribution in [3.8, 4) is 0 Å². The second kappa shape index (κ2) is 7.39. The molecule has 1 heterocycles. The van der Waals surface area contributed by atoms with E-state index >= 15 is 0 Å². The first kappa shape index (κ1) is 13.4. The maximum absolute atomic E-state index is 4.41. The average molecular weight is 270 g/mol. The number of hydrogen-bond donors (Lipinski definition) is 1. The van der Waals surface area contributed by atoms with Gasteiger partial charge in [-0.2, -0.15) is 0 Å². The van der Waals surface area contributed by atoms with E-state index in [2.05, 4.69) is 22.6 Å². The minimum Gasteiger partial charge on any atom is -0.313 e. The van der Waals surface area contributed by atoms with Crippen molar-refractivity contribution in [1.29, 1.82) is 0 Å². The van der Waals surface area contributed by atoms with Crippen LogP contribution in [0, 0.1) is 0 Å². The Bertz CT molecular complexity index is 300. The van der Waals surface area contributed by atoms with Crippen LogP contribution in [0.1, 0.15) is 45.4 Å². The topological polar surface area (TPSA) is 24.9 Å². The maximum atomic E-state index is 4.41. The molecule has 2 unspecified atom stereocenters. The van der Waals surface area contributed by atoms with Gasteiger partial charge in [0.05, 0.1) is 0 Å². The Labute approximate surface area is 113 Å². The van der Waals surface area contributed by atoms with E-state index in [1.807, 2.05) is 18.0 Å². The molecule has 1 saturated carbocycles. The van der Waals surface area contributed by atoms with Gasteiger partial charge in [0.1, 0.15) is 4.34 Å². The van der Waals surface area contributed by atoms with Crippen LogP contribution in [0.15, 0.2) is 15.9 Å². The first-order valence-electron chi connectivity index (χ1n) is 6.69. The SMILES string of the molecule is CCNC1CCCCCCC1Sc1nccs1. The van der Waals surface area contributed by atoms with E-state index in [0.29, 0.717) is 11.3 Å². The molecule has 17 heavy (non-hydrogen) atoms. The summed E-state index contributed by atoms with van der Waals surface area (Å²) in [6, 6.07) is 0.675. The molecule has 0 aliphatic heterocycles. The molecule has 2 rings (SSSR count). The van der Waals surface area contributed by atoms with Crippen LogP contribution in [-0.4, -0.2) is 22.8 Å². The van der Waals surface area contributed by atoms with Crippen molar-refractivity contribution in [3.05, 3.63) is 11.6 Å². The normalized spacial score (nSPS) is 26.4. The van der Waals surface area contributed by atoms with Gasteiger partial charge in [0.2, 0.25) is 0 Å². The van der Waals surface area contributed by atoms with Crippen LogP contribution in [-0.2, 0) is 0 Å². The lowest BCUT2D eigenvalue weighted by atomic mass is 9.96. The van der Waals surface area contributed by atoms with Crippen molar-refractivity contribution in [2.45, 2.75) is 61.1 Å². The van der Waals surface area contributed by atoms with Crippen LogP contribution in [0.25, 0.3) is 0 Å². The number of aromatic nitrogens is 1. The summed E-state index contributed by atoms with van der Waals surface area (Å²) in [6.07, 6.45) is 10.2. The van der Waals surface area contributed by atoms with E-state index in [1.54, 1.807) is 11.3 Å². The molecule has 0 amide bonds. The molecule has 1 N–H and O–H groups in total. The molecule has 1 aliphatic carbocycles. The molecule has 96 valence electrons. The Balaban J connectivity index is 1.96. The molecule has 4 heteroatoms. The number of thioether (sulfide) groups is 1. The van der Waals surface area contributed by atoms with E-state index in [0.717, 1.165) is 6.54 Å². The van der Waals surface area contributed by atoms with Gasteiger partial charge in [-0.1, -0.05) is 44.4 Å². The molecule has 1 fully saturated rings. The van der Waals surface area contributed by atoms with E-state index in [1.165, 1.54) is 42.9 Å². The Morgan fingerprint density at radius 1 is 1.35 bits per heavy atom. The van der Waals surface area contributed by atoms with Crippen molar-refractivity contribution >= 4 is 23.1 Å². The summed E-state index contributed by atoms with van der Waals surface area (Å²) < 4.78 is 1.23. The second-order valence-corrected chi connectivity index (χ2v) is 6.99. The van der Waals surface area contributed by atoms with E-state index < -0.39 is 0 Å². The van der Waals surface area contributed by atoms with E-state index in [4.69, 9.17) is 0 Å². The van der Waals surface area contributed by atoms with Gasteiger partial charge in [-0.3, -0.25) is 0 Å². The fraction of sp³-hybridized carbons (Fsp3) is 0.769. The molecule has 0 saturated heterocycles. The predicted molar refractivity (Wildman–Crippen MR) is 76.9 cm³/mol. The zero-order chi connectivity index (χ0) is 11.9. The molecule has 1 aromatic rings. The summed E-state index contributed by atoms with van der Waals surface area (Å²) in [5.74, 6) is 0. The molecule has 2 atom stereocenters. The van der Waals surface area contributed by atoms with E-state index in [9.17, 15) is 0 Å². The summed E-state index contributed by atoms with van der Waals surface area (Å²) >= 11 is 3.76. The first-order valence-corrected chi connectivity index (χ1v) is 8.45. The van der Waals surface area contributed by atoms with Crippen molar-refractivity contribution in [3.63, 3.8) is 0 Å². The number of nitrogens with one attached hydrogen (secondary N) is 1. The third-order valence-corrected chi connectivity index (χ3v) is 5.65. The van der Waals surface area contributed by atoms with Gasteiger partial charge in [0.25, 0.3) is 0 Å². The zero-order valence-electron chi connectivity index (χ0n) is 10.5. The second-order valence-electron chi connectivity index (χ2n) is 4.61. The van der Waals surface area contributed by atoms with Crippen LogP contribution in [0.4, 0.5) is 0 Å². The van der Waals surface area contributed by atoms with Gasteiger partial charge in [-0.25, -0.2) is 4.98 Å². The van der Waals surface area contributed by atoms with Crippen molar-refractivity contribution in [2.24, 2.45) is 0 Å². The lowest BCUT2D eigenvalue weighted by Crippen LogP contribution is -2.38. The smallest absolute Gasteiger partial charge is 0.150 e. The molecule has 0 spiro atoms. The average Bonchev–Trinajstić information content (AvgIpc) is 2.80. The number of rotatable bonds is 4. The lowest BCUT2D eigenvalue weighted by molar-refractivity contribution is 0.406. The molecular formula is C13H22N2S2. The van der Waals surface area contributed by atoms with E-state index in [-0.39, 0.29) is 0 Å². The van der Waals surface area contributed by atoms with Crippen LogP contribution >= 0.6 is 23.1 Å². The highest BCUT2D eigenvalue weighted by atomic mass is 32.2. The summed E-state index contributed by atoms with van der Waals surface area (Å²) in [6.45, 7) is 3.30. The maximum Gasteiger partial charge on any atom is 0.150 e. The number of hydrogen-bond acceptors (Lipinski definition) is 4. The van der Waals surface area contributed by atoms with Gasteiger partial charge in [-0.15, -0.1) is 11.3 Å². The molecule has 2 nitrogen and oxygen atoms in total. The highest BCUT2D eigenvalue weighted by Crippen LogP contribution is 2.33. The molecule has 1 aromatic heterocycles. The largest absolute Gasteiger partial charge is 0.313 e. The van der Waals surface area contributed by atoms with Gasteiger partial charge in [-0.05, 0) is 19.4 Å². The molecule has 0 aromatic carbocycles. The summed E-state index contributed by atoms with van der Waals surface area (Å²) in [5, 5.41) is 6.46. The van der Waals surface area contributed by atoms with Crippen molar-refractivity contribution in [1.82, 2.24) is 10.3 Å². The number of nitrogens with zero attached hydrogens (tertiary/aromatic N) is 1. The van der Waals surface area contributed by atoms with Crippen LogP contribution in [0.2, 0.25) is 0 Å². The summed E-state index contributed by atoms with van der Waals surface area (Å²) in [5.41, 5.74) is 0.